The summed E-state index contributed by atoms with van der Waals surface area (Å²) in [5.41, 5.74) is 2.71. The van der Waals surface area contributed by atoms with E-state index in [1.807, 2.05) is 65.4 Å². The molecule has 1 aromatic carbocycles. The fourth-order valence-electron chi connectivity index (χ4n) is 4.61. The van der Waals surface area contributed by atoms with Gasteiger partial charge in [0.15, 0.2) is 6.61 Å². The highest BCUT2D eigenvalue weighted by Crippen LogP contribution is 2.36. The molecule has 2 aliphatic heterocycles. The van der Waals surface area contributed by atoms with Crippen molar-refractivity contribution in [3.63, 3.8) is 0 Å². The minimum Gasteiger partial charge on any atom is -0.484 e. The predicted octanol–water partition coefficient (Wildman–Crippen LogP) is 3.22. The number of carbonyl (C=O) groups excluding carboxylic acids is 1. The van der Waals surface area contributed by atoms with Gasteiger partial charge in [0.25, 0.3) is 5.91 Å². The average Bonchev–Trinajstić information content (AvgIpc) is 3.58. The number of anilines is 1. The van der Waals surface area contributed by atoms with E-state index in [4.69, 9.17) is 14.8 Å². The Hall–Kier alpha value is -3.42. The van der Waals surface area contributed by atoms with E-state index in [0.29, 0.717) is 12.3 Å². The van der Waals surface area contributed by atoms with Crippen LogP contribution in [0.4, 0.5) is 5.95 Å². The Morgan fingerprint density at radius 1 is 1.09 bits per heavy atom. The van der Waals surface area contributed by atoms with Crippen molar-refractivity contribution < 1.29 is 9.53 Å². The van der Waals surface area contributed by atoms with Crippen molar-refractivity contribution in [3.05, 3.63) is 54.5 Å². The van der Waals surface area contributed by atoms with Crippen LogP contribution in [-0.4, -0.2) is 56.8 Å². The van der Waals surface area contributed by atoms with Crippen LogP contribution in [0, 0.1) is 0 Å². The summed E-state index contributed by atoms with van der Waals surface area (Å²) < 4.78 is 7.52. The van der Waals surface area contributed by atoms with Gasteiger partial charge >= 0.3 is 0 Å². The molecule has 0 bridgehead atoms. The molecular formula is C24H28N6O2. The number of carbonyl (C=O) groups is 1. The largest absolute Gasteiger partial charge is 0.484 e. The molecule has 5 rings (SSSR count). The molecule has 8 heteroatoms. The Labute approximate surface area is 187 Å². The topological polar surface area (TPSA) is 76.4 Å². The van der Waals surface area contributed by atoms with Crippen molar-refractivity contribution in [2.24, 2.45) is 7.05 Å². The molecule has 0 radical (unpaired) electrons. The van der Waals surface area contributed by atoms with E-state index in [-0.39, 0.29) is 18.6 Å². The summed E-state index contributed by atoms with van der Waals surface area (Å²) in [6.07, 6.45) is 7.99. The number of amides is 1. The second-order valence-corrected chi connectivity index (χ2v) is 8.38. The zero-order valence-electron chi connectivity index (χ0n) is 18.4. The van der Waals surface area contributed by atoms with E-state index >= 15 is 0 Å². The summed E-state index contributed by atoms with van der Waals surface area (Å²) >= 11 is 0. The van der Waals surface area contributed by atoms with Crippen molar-refractivity contribution in [2.45, 2.75) is 31.7 Å². The van der Waals surface area contributed by atoms with Crippen molar-refractivity contribution in [3.8, 4) is 17.0 Å². The van der Waals surface area contributed by atoms with Gasteiger partial charge in [0.1, 0.15) is 5.75 Å². The Morgan fingerprint density at radius 3 is 2.72 bits per heavy atom. The van der Waals surface area contributed by atoms with Crippen molar-refractivity contribution in [2.75, 3.05) is 31.1 Å². The van der Waals surface area contributed by atoms with E-state index in [1.54, 1.807) is 0 Å². The van der Waals surface area contributed by atoms with E-state index in [2.05, 4.69) is 9.88 Å². The van der Waals surface area contributed by atoms with Gasteiger partial charge in [-0.25, -0.2) is 9.97 Å². The Bertz CT molecular complexity index is 1080. The van der Waals surface area contributed by atoms with Crippen LogP contribution >= 0.6 is 0 Å². The molecule has 0 spiro atoms. The monoisotopic (exact) mass is 432 g/mol. The van der Waals surface area contributed by atoms with Gasteiger partial charge in [-0.2, -0.15) is 5.10 Å². The van der Waals surface area contributed by atoms with Crippen LogP contribution in [0.3, 0.4) is 0 Å². The number of likely N-dealkylation sites (tertiary alicyclic amines) is 1. The number of rotatable bonds is 6. The van der Waals surface area contributed by atoms with E-state index < -0.39 is 0 Å². The van der Waals surface area contributed by atoms with Crippen molar-refractivity contribution in [1.29, 1.82) is 0 Å². The molecule has 1 atom stereocenters. The fraction of sp³-hybridized carbons (Fsp3) is 0.417. The minimum absolute atomic E-state index is 0.0200. The summed E-state index contributed by atoms with van der Waals surface area (Å²) in [6.45, 7) is 2.72. The van der Waals surface area contributed by atoms with Gasteiger partial charge in [0.05, 0.1) is 17.4 Å². The molecule has 0 aliphatic carbocycles. The molecule has 2 aliphatic rings. The summed E-state index contributed by atoms with van der Waals surface area (Å²) in [7, 11) is 1.91. The first kappa shape index (κ1) is 20.5. The highest BCUT2D eigenvalue weighted by molar-refractivity contribution is 5.79. The second kappa shape index (κ2) is 8.98. The lowest BCUT2D eigenvalue weighted by Gasteiger charge is -2.24. The highest BCUT2D eigenvalue weighted by atomic mass is 16.5. The zero-order valence-corrected chi connectivity index (χ0v) is 18.4. The Morgan fingerprint density at radius 2 is 1.91 bits per heavy atom. The predicted molar refractivity (Wildman–Crippen MR) is 121 cm³/mol. The zero-order chi connectivity index (χ0) is 21.9. The summed E-state index contributed by atoms with van der Waals surface area (Å²) in [4.78, 5) is 26.5. The van der Waals surface area contributed by atoms with Gasteiger partial charge < -0.3 is 14.5 Å². The van der Waals surface area contributed by atoms with Crippen LogP contribution < -0.4 is 9.64 Å². The Kier molecular flexibility index (Phi) is 5.75. The third-order valence-electron chi connectivity index (χ3n) is 6.16. The summed E-state index contributed by atoms with van der Waals surface area (Å²) in [6, 6.07) is 11.3. The van der Waals surface area contributed by atoms with E-state index in [9.17, 15) is 4.79 Å². The number of hydrogen-bond acceptors (Lipinski definition) is 6. The normalized spacial score (nSPS) is 18.3. The molecule has 3 aromatic rings. The maximum atomic E-state index is 13.0. The van der Waals surface area contributed by atoms with Gasteiger partial charge in [-0.15, -0.1) is 0 Å². The maximum Gasteiger partial charge on any atom is 0.261 e. The first-order chi connectivity index (χ1) is 15.7. The number of hydrogen-bond donors (Lipinski definition) is 0. The molecule has 0 saturated carbocycles. The van der Waals surface area contributed by atoms with Crippen LogP contribution in [0.5, 0.6) is 5.75 Å². The van der Waals surface area contributed by atoms with Crippen molar-refractivity contribution >= 4 is 11.9 Å². The minimum atomic E-state index is -0.0803. The molecule has 4 heterocycles. The van der Waals surface area contributed by atoms with Crippen LogP contribution in [0.2, 0.25) is 0 Å². The van der Waals surface area contributed by atoms with Crippen LogP contribution in [-0.2, 0) is 11.8 Å². The molecular weight excluding hydrogens is 404 g/mol. The molecule has 166 valence electrons. The van der Waals surface area contributed by atoms with Crippen LogP contribution in [0.25, 0.3) is 11.3 Å². The number of aryl methyl sites for hydroxylation is 1. The van der Waals surface area contributed by atoms with Gasteiger partial charge in [-0.05, 0) is 43.9 Å². The van der Waals surface area contributed by atoms with Gasteiger partial charge in [-0.1, -0.05) is 18.2 Å². The summed E-state index contributed by atoms with van der Waals surface area (Å²) in [5, 5.41) is 4.76. The molecule has 2 aromatic heterocycles. The maximum absolute atomic E-state index is 13.0. The smallest absolute Gasteiger partial charge is 0.261 e. The molecule has 0 N–H and O–H groups in total. The SMILES string of the molecule is Cn1cc(-c2ccnc(N3CCCC3)n2)c([C@H]2CCCN2C(=O)COc2ccccc2)n1. The first-order valence-electron chi connectivity index (χ1n) is 11.3. The number of nitrogens with zero attached hydrogens (tertiary/aromatic N) is 6. The van der Waals surface area contributed by atoms with Crippen LogP contribution in [0.15, 0.2) is 48.8 Å². The third-order valence-corrected chi connectivity index (χ3v) is 6.16. The van der Waals surface area contributed by atoms with E-state index in [0.717, 1.165) is 48.8 Å². The lowest BCUT2D eigenvalue weighted by Crippen LogP contribution is -2.34. The lowest BCUT2D eigenvalue weighted by atomic mass is 10.0. The second-order valence-electron chi connectivity index (χ2n) is 8.38. The quantitative estimate of drug-likeness (QED) is 0.595. The number of aromatic nitrogens is 4. The van der Waals surface area contributed by atoms with Crippen LogP contribution in [0.1, 0.15) is 37.4 Å². The highest BCUT2D eigenvalue weighted by Gasteiger charge is 2.34. The van der Waals surface area contributed by atoms with Gasteiger partial charge in [0, 0.05) is 44.6 Å². The number of ether oxygens (including phenoxy) is 1. The molecule has 2 fully saturated rings. The third kappa shape index (κ3) is 4.17. The molecule has 1 amide bonds. The molecule has 2 saturated heterocycles. The lowest BCUT2D eigenvalue weighted by molar-refractivity contribution is -0.134. The van der Waals surface area contributed by atoms with Gasteiger partial charge in [-0.3, -0.25) is 9.48 Å². The molecule has 0 unspecified atom stereocenters. The number of para-hydroxylation sites is 1. The summed E-state index contributed by atoms with van der Waals surface area (Å²) in [5.74, 6) is 1.45. The molecule has 32 heavy (non-hydrogen) atoms. The van der Waals surface area contributed by atoms with Gasteiger partial charge in [0.2, 0.25) is 5.95 Å². The van der Waals surface area contributed by atoms with E-state index in [1.165, 1.54) is 12.8 Å². The first-order valence-corrected chi connectivity index (χ1v) is 11.3. The van der Waals surface area contributed by atoms with Crippen molar-refractivity contribution in [1.82, 2.24) is 24.6 Å². The molecule has 8 nitrogen and oxygen atoms in total. The number of benzene rings is 1. The fourth-order valence-corrected chi connectivity index (χ4v) is 4.61. The Balaban J connectivity index is 1.38. The average molecular weight is 433 g/mol. The standard InChI is InChI=1S/C24H28N6O2/c1-28-16-19(20-11-12-25-24(26-20)29-13-5-6-14-29)23(27-28)21-10-7-15-30(21)22(31)17-32-18-8-3-2-4-9-18/h2-4,8-9,11-12,16,21H,5-7,10,13-15,17H2,1H3/t21-/m1/s1.